The molecule has 0 saturated carbocycles. The van der Waals surface area contributed by atoms with Crippen LogP contribution in [0.15, 0.2) is 0 Å². The van der Waals surface area contributed by atoms with Crippen LogP contribution in [0.5, 0.6) is 0 Å². The van der Waals surface area contributed by atoms with Gasteiger partial charge in [-0.3, -0.25) is 15.0 Å². The molecular weight excluding hydrogens is 244 g/mol. The lowest BCUT2D eigenvalue weighted by Gasteiger charge is -2.27. The average molecular weight is 262 g/mol. The molecule has 1 saturated heterocycles. The van der Waals surface area contributed by atoms with E-state index in [1.54, 1.807) is 0 Å². The van der Waals surface area contributed by atoms with Gasteiger partial charge in [0.1, 0.15) is 0 Å². The van der Waals surface area contributed by atoms with Gasteiger partial charge < -0.3 is 0 Å². The highest BCUT2D eigenvalue weighted by molar-refractivity contribution is 8.13. The minimum Gasteiger partial charge on any atom is -0.289 e. The summed E-state index contributed by atoms with van der Waals surface area (Å²) < 4.78 is 0. The van der Waals surface area contributed by atoms with Crippen LogP contribution >= 0.6 is 23.5 Å². The number of nitrogens with zero attached hydrogens (tertiary/aromatic N) is 1. The van der Waals surface area contributed by atoms with E-state index < -0.39 is 0 Å². The molecule has 1 atom stereocenters. The van der Waals surface area contributed by atoms with Gasteiger partial charge in [0.05, 0.1) is 0 Å². The molecule has 0 aromatic rings. The maximum Gasteiger partial charge on any atom is 0.237 e. The SMILES string of the molecule is CC(=O)SCC(C)C(=O)NN1CCSCC1. The molecule has 6 heteroatoms. The predicted molar refractivity (Wildman–Crippen MR) is 69.3 cm³/mol. The minimum absolute atomic E-state index is 0.0145. The molecule has 4 nitrogen and oxygen atoms in total. The Bertz CT molecular complexity index is 255. The molecule has 1 rings (SSSR count). The molecule has 0 spiro atoms. The van der Waals surface area contributed by atoms with Crippen LogP contribution in [0.3, 0.4) is 0 Å². The van der Waals surface area contributed by atoms with E-state index in [1.807, 2.05) is 23.7 Å². The second-order valence-electron chi connectivity index (χ2n) is 3.78. The predicted octanol–water partition coefficient (Wildman–Crippen LogP) is 0.982. The van der Waals surface area contributed by atoms with Gasteiger partial charge in [-0.2, -0.15) is 11.8 Å². The number of rotatable bonds is 4. The van der Waals surface area contributed by atoms with Crippen molar-refractivity contribution in [1.82, 2.24) is 10.4 Å². The standard InChI is InChI=1S/C10H18N2O2S2/c1-8(7-16-9(2)13)10(14)11-12-3-5-15-6-4-12/h8H,3-7H2,1-2H3,(H,11,14). The van der Waals surface area contributed by atoms with E-state index in [0.717, 1.165) is 24.6 Å². The van der Waals surface area contributed by atoms with Crippen LogP contribution in [0.4, 0.5) is 0 Å². The highest BCUT2D eigenvalue weighted by Gasteiger charge is 2.18. The normalized spacial score (nSPS) is 19.1. The first-order valence-corrected chi connectivity index (χ1v) is 7.50. The second kappa shape index (κ2) is 7.19. The fraction of sp³-hybridized carbons (Fsp3) is 0.800. The molecule has 1 amide bonds. The van der Waals surface area contributed by atoms with Crippen molar-refractivity contribution < 1.29 is 9.59 Å². The first-order valence-electron chi connectivity index (χ1n) is 5.36. The summed E-state index contributed by atoms with van der Waals surface area (Å²) >= 11 is 3.11. The number of amides is 1. The van der Waals surface area contributed by atoms with Crippen molar-refractivity contribution in [2.24, 2.45) is 5.92 Å². The quantitative estimate of drug-likeness (QED) is 0.818. The Balaban J connectivity index is 2.24. The highest BCUT2D eigenvalue weighted by Crippen LogP contribution is 2.11. The number of hydrogen-bond acceptors (Lipinski definition) is 5. The molecule has 92 valence electrons. The van der Waals surface area contributed by atoms with Crippen LogP contribution in [-0.2, 0) is 9.59 Å². The zero-order valence-corrected chi connectivity index (χ0v) is 11.3. The van der Waals surface area contributed by atoms with Gasteiger partial charge in [0, 0.05) is 43.2 Å². The summed E-state index contributed by atoms with van der Waals surface area (Å²) in [4.78, 5) is 22.5. The molecule has 1 heterocycles. The topological polar surface area (TPSA) is 49.4 Å². The molecule has 1 aliphatic heterocycles. The fourth-order valence-corrected chi connectivity index (χ4v) is 2.80. The summed E-state index contributed by atoms with van der Waals surface area (Å²) in [5.74, 6) is 2.58. The Labute approximate surface area is 105 Å². The van der Waals surface area contributed by atoms with Crippen LogP contribution in [0, 0.1) is 5.92 Å². The third-order valence-corrected chi connectivity index (χ3v) is 4.28. The molecule has 0 aromatic carbocycles. The summed E-state index contributed by atoms with van der Waals surface area (Å²) in [6, 6.07) is 0. The summed E-state index contributed by atoms with van der Waals surface area (Å²) in [5.41, 5.74) is 2.90. The van der Waals surface area contributed by atoms with Gasteiger partial charge in [0.2, 0.25) is 5.91 Å². The largest absolute Gasteiger partial charge is 0.289 e. The first-order chi connectivity index (χ1) is 7.59. The van der Waals surface area contributed by atoms with E-state index in [0.29, 0.717) is 5.75 Å². The number of thioether (sulfide) groups is 2. The number of nitrogens with one attached hydrogen (secondary N) is 1. The zero-order chi connectivity index (χ0) is 12.0. The third-order valence-electron chi connectivity index (χ3n) is 2.26. The zero-order valence-electron chi connectivity index (χ0n) is 9.69. The fourth-order valence-electron chi connectivity index (χ4n) is 1.26. The van der Waals surface area contributed by atoms with E-state index >= 15 is 0 Å². The van der Waals surface area contributed by atoms with Crippen LogP contribution in [0.2, 0.25) is 0 Å². The molecule has 0 bridgehead atoms. The Morgan fingerprint density at radius 3 is 2.62 bits per heavy atom. The van der Waals surface area contributed by atoms with E-state index in [-0.39, 0.29) is 16.9 Å². The first kappa shape index (κ1) is 13.9. The van der Waals surface area contributed by atoms with Crippen LogP contribution in [0.25, 0.3) is 0 Å². The van der Waals surface area contributed by atoms with Crippen molar-refractivity contribution >= 4 is 34.5 Å². The summed E-state index contributed by atoms with van der Waals surface area (Å²) in [7, 11) is 0. The van der Waals surface area contributed by atoms with Crippen molar-refractivity contribution in [3.05, 3.63) is 0 Å². The van der Waals surface area contributed by atoms with Gasteiger partial charge >= 0.3 is 0 Å². The van der Waals surface area contributed by atoms with Crippen LogP contribution in [-0.4, -0.2) is 46.4 Å². The lowest BCUT2D eigenvalue weighted by atomic mass is 10.2. The van der Waals surface area contributed by atoms with Gasteiger partial charge in [-0.25, -0.2) is 5.01 Å². The molecule has 16 heavy (non-hydrogen) atoms. The maximum atomic E-state index is 11.7. The van der Waals surface area contributed by atoms with Crippen molar-refractivity contribution in [2.45, 2.75) is 13.8 Å². The smallest absolute Gasteiger partial charge is 0.237 e. The molecule has 1 fully saturated rings. The number of carbonyl (C=O) groups excluding carboxylic acids is 2. The molecule has 1 N–H and O–H groups in total. The second-order valence-corrected chi connectivity index (χ2v) is 6.20. The monoisotopic (exact) mass is 262 g/mol. The highest BCUT2D eigenvalue weighted by atomic mass is 32.2. The van der Waals surface area contributed by atoms with Crippen molar-refractivity contribution in [2.75, 3.05) is 30.3 Å². The molecule has 0 aliphatic carbocycles. The molecule has 1 unspecified atom stereocenters. The Kier molecular flexibility index (Phi) is 6.23. The van der Waals surface area contributed by atoms with E-state index in [9.17, 15) is 9.59 Å². The Morgan fingerprint density at radius 2 is 2.06 bits per heavy atom. The van der Waals surface area contributed by atoms with Crippen LogP contribution in [0.1, 0.15) is 13.8 Å². The number of carbonyl (C=O) groups is 2. The Morgan fingerprint density at radius 1 is 1.44 bits per heavy atom. The van der Waals surface area contributed by atoms with Crippen LogP contribution < -0.4 is 5.43 Å². The van der Waals surface area contributed by atoms with Crippen molar-refractivity contribution in [3.63, 3.8) is 0 Å². The average Bonchev–Trinajstić information content (AvgIpc) is 2.27. The van der Waals surface area contributed by atoms with E-state index in [1.165, 1.54) is 18.7 Å². The van der Waals surface area contributed by atoms with E-state index in [2.05, 4.69) is 5.43 Å². The van der Waals surface area contributed by atoms with Crippen molar-refractivity contribution in [1.29, 1.82) is 0 Å². The lowest BCUT2D eigenvalue weighted by molar-refractivity contribution is -0.128. The summed E-state index contributed by atoms with van der Waals surface area (Å²) in [6.07, 6.45) is 0. The molecule has 0 radical (unpaired) electrons. The number of hydrogen-bond donors (Lipinski definition) is 1. The Hall–Kier alpha value is -0.200. The van der Waals surface area contributed by atoms with Gasteiger partial charge in [0.25, 0.3) is 0 Å². The van der Waals surface area contributed by atoms with E-state index in [4.69, 9.17) is 0 Å². The van der Waals surface area contributed by atoms with Gasteiger partial charge in [-0.15, -0.1) is 0 Å². The summed E-state index contributed by atoms with van der Waals surface area (Å²) in [6.45, 7) is 5.19. The molecule has 1 aliphatic rings. The molecule has 0 aromatic heterocycles. The number of hydrazine groups is 1. The molecular formula is C10H18N2O2S2. The van der Waals surface area contributed by atoms with Gasteiger partial charge in [0.15, 0.2) is 5.12 Å². The minimum atomic E-state index is -0.122. The summed E-state index contributed by atoms with van der Waals surface area (Å²) in [5, 5.41) is 2.03. The maximum absolute atomic E-state index is 11.7. The lowest BCUT2D eigenvalue weighted by Crippen LogP contribution is -2.48. The van der Waals surface area contributed by atoms with Gasteiger partial charge in [-0.1, -0.05) is 18.7 Å². The van der Waals surface area contributed by atoms with Gasteiger partial charge in [-0.05, 0) is 0 Å². The third kappa shape index (κ3) is 5.23. The van der Waals surface area contributed by atoms with Crippen molar-refractivity contribution in [3.8, 4) is 0 Å².